The van der Waals surface area contributed by atoms with Gasteiger partial charge in [0.25, 0.3) is 0 Å². The number of rotatable bonds is 7. The second-order valence-electron chi connectivity index (χ2n) is 6.89. The molecule has 0 saturated carbocycles. The van der Waals surface area contributed by atoms with Crippen molar-refractivity contribution in [1.82, 2.24) is 0 Å². The Balaban J connectivity index is 2.04. The normalized spacial score (nSPS) is 12.1. The molecule has 0 spiro atoms. The van der Waals surface area contributed by atoms with E-state index in [2.05, 4.69) is 0 Å². The van der Waals surface area contributed by atoms with Crippen molar-refractivity contribution in [3.63, 3.8) is 0 Å². The Bertz CT molecular complexity index is 650. The molecule has 0 aliphatic rings. The molecule has 0 unspecified atom stereocenters. The zero-order chi connectivity index (χ0) is 17.8. The summed E-state index contributed by atoms with van der Waals surface area (Å²) in [6.07, 6.45) is 0. The second-order valence-corrected chi connectivity index (χ2v) is 6.89. The Morgan fingerprint density at radius 3 is 2.25 bits per heavy atom. The third kappa shape index (κ3) is 4.84. The fraction of sp³-hybridized carbons (Fsp3) is 0.368. The molecule has 4 nitrogen and oxygen atoms in total. The van der Waals surface area contributed by atoms with E-state index in [4.69, 9.17) is 9.39 Å². The molecule has 0 fully saturated rings. The smallest absolute Gasteiger partial charge is 0.489 e. The average molecular weight is 328 g/mol. The SMILES string of the molecule is CC(C)(O)C(C)(C)OB(O)c1cccc(COc2ccccc2)c1. The number of hydrogen-bond acceptors (Lipinski definition) is 4. The van der Waals surface area contributed by atoms with Crippen LogP contribution in [0.3, 0.4) is 0 Å². The van der Waals surface area contributed by atoms with Gasteiger partial charge in [0.05, 0.1) is 11.2 Å². The third-order valence-electron chi connectivity index (χ3n) is 4.26. The lowest BCUT2D eigenvalue weighted by Crippen LogP contribution is -2.53. The lowest BCUT2D eigenvalue weighted by molar-refractivity contribution is -0.0982. The maximum absolute atomic E-state index is 10.4. The lowest BCUT2D eigenvalue weighted by Gasteiger charge is -2.38. The zero-order valence-corrected chi connectivity index (χ0v) is 14.7. The Morgan fingerprint density at radius 2 is 1.62 bits per heavy atom. The van der Waals surface area contributed by atoms with E-state index >= 15 is 0 Å². The molecule has 0 bridgehead atoms. The van der Waals surface area contributed by atoms with Crippen molar-refractivity contribution in [1.29, 1.82) is 0 Å². The molecular weight excluding hydrogens is 303 g/mol. The van der Waals surface area contributed by atoms with Crippen LogP contribution in [0.1, 0.15) is 33.3 Å². The van der Waals surface area contributed by atoms with Crippen LogP contribution in [-0.2, 0) is 11.3 Å². The van der Waals surface area contributed by atoms with Crippen molar-refractivity contribution in [2.45, 2.75) is 45.5 Å². The lowest BCUT2D eigenvalue weighted by atomic mass is 9.76. The molecule has 24 heavy (non-hydrogen) atoms. The number of ether oxygens (including phenoxy) is 1. The molecular formula is C19H25BO4. The summed E-state index contributed by atoms with van der Waals surface area (Å²) in [5.74, 6) is 0.794. The minimum atomic E-state index is -1.12. The molecule has 5 heteroatoms. The first kappa shape index (κ1) is 18.5. The summed E-state index contributed by atoms with van der Waals surface area (Å²) in [6, 6.07) is 17.0. The summed E-state index contributed by atoms with van der Waals surface area (Å²) in [4.78, 5) is 0. The van der Waals surface area contributed by atoms with Crippen molar-refractivity contribution in [3.05, 3.63) is 60.2 Å². The first-order chi connectivity index (χ1) is 11.2. The minimum Gasteiger partial charge on any atom is -0.489 e. The van der Waals surface area contributed by atoms with Crippen LogP contribution < -0.4 is 10.2 Å². The monoisotopic (exact) mass is 328 g/mol. The van der Waals surface area contributed by atoms with Gasteiger partial charge in [-0.1, -0.05) is 42.5 Å². The maximum atomic E-state index is 10.4. The van der Waals surface area contributed by atoms with Crippen LogP contribution in [0.15, 0.2) is 54.6 Å². The molecule has 0 aromatic heterocycles. The van der Waals surface area contributed by atoms with E-state index in [1.807, 2.05) is 48.5 Å². The molecule has 2 N–H and O–H groups in total. The first-order valence-electron chi connectivity index (χ1n) is 8.04. The van der Waals surface area contributed by atoms with Crippen molar-refractivity contribution in [2.75, 3.05) is 0 Å². The molecule has 0 radical (unpaired) electrons. The second kappa shape index (κ2) is 7.39. The molecule has 0 aliphatic heterocycles. The van der Waals surface area contributed by atoms with E-state index < -0.39 is 18.3 Å². The first-order valence-corrected chi connectivity index (χ1v) is 8.04. The van der Waals surface area contributed by atoms with Crippen LogP contribution in [-0.4, -0.2) is 28.5 Å². The molecule has 2 aromatic rings. The molecule has 0 heterocycles. The fourth-order valence-electron chi connectivity index (χ4n) is 2.01. The topological polar surface area (TPSA) is 58.9 Å². The van der Waals surface area contributed by atoms with Crippen LogP contribution in [0, 0.1) is 0 Å². The molecule has 128 valence electrons. The zero-order valence-electron chi connectivity index (χ0n) is 14.7. The maximum Gasteiger partial charge on any atom is 0.491 e. The summed E-state index contributed by atoms with van der Waals surface area (Å²) in [5.41, 5.74) is -0.424. The number of benzene rings is 2. The van der Waals surface area contributed by atoms with Crippen LogP contribution >= 0.6 is 0 Å². The fourth-order valence-corrected chi connectivity index (χ4v) is 2.01. The van der Waals surface area contributed by atoms with Gasteiger partial charge >= 0.3 is 7.12 Å². The molecule has 0 saturated heterocycles. The van der Waals surface area contributed by atoms with E-state index in [1.165, 1.54) is 0 Å². The number of para-hydroxylation sites is 1. The van der Waals surface area contributed by atoms with Gasteiger partial charge < -0.3 is 19.5 Å². The summed E-state index contributed by atoms with van der Waals surface area (Å²) in [7, 11) is -1.12. The van der Waals surface area contributed by atoms with Crippen molar-refractivity contribution in [3.8, 4) is 5.75 Å². The minimum absolute atomic E-state index is 0.402. The standard InChI is InChI=1S/C19H25BO4/c1-18(2,21)19(3,4)24-20(22)16-10-8-9-15(13-16)14-23-17-11-6-5-7-12-17/h5-13,21-22H,14H2,1-4H3. The van der Waals surface area contributed by atoms with E-state index in [0.717, 1.165) is 11.3 Å². The number of aliphatic hydroxyl groups is 1. The highest BCUT2D eigenvalue weighted by Crippen LogP contribution is 2.25. The predicted octanol–water partition coefficient (Wildman–Crippen LogP) is 2.52. The van der Waals surface area contributed by atoms with Crippen LogP contribution in [0.4, 0.5) is 0 Å². The third-order valence-corrected chi connectivity index (χ3v) is 4.26. The highest BCUT2D eigenvalue weighted by atomic mass is 16.5. The van der Waals surface area contributed by atoms with Crippen molar-refractivity contribution >= 4 is 12.6 Å². The van der Waals surface area contributed by atoms with Gasteiger partial charge in [-0.05, 0) is 50.9 Å². The highest BCUT2D eigenvalue weighted by Gasteiger charge is 2.39. The van der Waals surface area contributed by atoms with Gasteiger partial charge in [0, 0.05) is 0 Å². The van der Waals surface area contributed by atoms with Gasteiger partial charge in [0.15, 0.2) is 0 Å². The van der Waals surface area contributed by atoms with Crippen LogP contribution in [0.25, 0.3) is 0 Å². The van der Waals surface area contributed by atoms with Gasteiger partial charge in [0.1, 0.15) is 12.4 Å². The predicted molar refractivity (Wildman–Crippen MR) is 96.3 cm³/mol. The highest BCUT2D eigenvalue weighted by molar-refractivity contribution is 6.60. The van der Waals surface area contributed by atoms with E-state index in [1.54, 1.807) is 33.8 Å². The van der Waals surface area contributed by atoms with E-state index in [-0.39, 0.29) is 0 Å². The Labute approximate surface area is 144 Å². The summed E-state index contributed by atoms with van der Waals surface area (Å²) < 4.78 is 11.4. The molecule has 2 rings (SSSR count). The van der Waals surface area contributed by atoms with Gasteiger partial charge in [-0.25, -0.2) is 0 Å². The van der Waals surface area contributed by atoms with E-state index in [9.17, 15) is 10.1 Å². The molecule has 0 atom stereocenters. The summed E-state index contributed by atoms with van der Waals surface area (Å²) >= 11 is 0. The summed E-state index contributed by atoms with van der Waals surface area (Å²) in [6.45, 7) is 7.21. The molecule has 2 aromatic carbocycles. The van der Waals surface area contributed by atoms with Crippen molar-refractivity contribution in [2.24, 2.45) is 0 Å². The summed E-state index contributed by atoms with van der Waals surface area (Å²) in [5, 5.41) is 20.5. The quantitative estimate of drug-likeness (QED) is 0.767. The van der Waals surface area contributed by atoms with Crippen LogP contribution in [0.2, 0.25) is 0 Å². The Kier molecular flexibility index (Phi) is 5.70. The van der Waals surface area contributed by atoms with Crippen molar-refractivity contribution < 1.29 is 19.5 Å². The molecule has 0 amide bonds. The van der Waals surface area contributed by atoms with Gasteiger partial charge in [-0.3, -0.25) is 0 Å². The largest absolute Gasteiger partial charge is 0.491 e. The Morgan fingerprint density at radius 1 is 0.958 bits per heavy atom. The number of hydrogen-bond donors (Lipinski definition) is 2. The molecule has 0 aliphatic carbocycles. The Hall–Kier alpha value is -1.82. The van der Waals surface area contributed by atoms with Gasteiger partial charge in [-0.2, -0.15) is 0 Å². The van der Waals surface area contributed by atoms with Gasteiger partial charge in [-0.15, -0.1) is 0 Å². The van der Waals surface area contributed by atoms with E-state index in [0.29, 0.717) is 12.1 Å². The van der Waals surface area contributed by atoms with Gasteiger partial charge in [0.2, 0.25) is 0 Å². The average Bonchev–Trinajstić information content (AvgIpc) is 2.53. The van der Waals surface area contributed by atoms with Crippen LogP contribution in [0.5, 0.6) is 5.75 Å².